The number of para-hydroxylation sites is 1. The zero-order valence-corrected chi connectivity index (χ0v) is 12.7. The number of hydrogen-bond acceptors (Lipinski definition) is 5. The Hall–Kier alpha value is -1.66. The summed E-state index contributed by atoms with van der Waals surface area (Å²) in [5.41, 5.74) is 7.41. The second kappa shape index (κ2) is 6.41. The number of anilines is 2. The standard InChI is InChI=1S/C15H19FN4S/c16-13-3-1-2-4-14(13)20-9-7-19(8-10-20)6-5-12-11-21-15(17)18-12/h1-4,11H,5-10H2,(H2,17,18). The fourth-order valence-electron chi connectivity index (χ4n) is 2.63. The number of benzene rings is 1. The average Bonchev–Trinajstić information content (AvgIpc) is 2.92. The van der Waals surface area contributed by atoms with Gasteiger partial charge in [0.05, 0.1) is 11.4 Å². The van der Waals surface area contributed by atoms with Gasteiger partial charge in [0.25, 0.3) is 0 Å². The molecule has 0 aliphatic carbocycles. The Kier molecular flexibility index (Phi) is 4.36. The number of nitrogens with zero attached hydrogens (tertiary/aromatic N) is 3. The van der Waals surface area contributed by atoms with Crippen molar-refractivity contribution in [3.05, 3.63) is 41.2 Å². The molecule has 2 aromatic rings. The van der Waals surface area contributed by atoms with E-state index < -0.39 is 0 Å². The topological polar surface area (TPSA) is 45.4 Å². The van der Waals surface area contributed by atoms with Crippen LogP contribution in [0.4, 0.5) is 15.2 Å². The van der Waals surface area contributed by atoms with Gasteiger partial charge in [0.2, 0.25) is 0 Å². The Morgan fingerprint density at radius 3 is 2.62 bits per heavy atom. The normalized spacial score (nSPS) is 16.3. The third kappa shape index (κ3) is 3.51. The molecule has 0 atom stereocenters. The van der Waals surface area contributed by atoms with Crippen LogP contribution in [-0.2, 0) is 6.42 Å². The summed E-state index contributed by atoms with van der Waals surface area (Å²) in [6.07, 6.45) is 0.924. The zero-order chi connectivity index (χ0) is 14.7. The largest absolute Gasteiger partial charge is 0.375 e. The van der Waals surface area contributed by atoms with Crippen molar-refractivity contribution in [2.24, 2.45) is 0 Å². The molecular formula is C15H19FN4S. The van der Waals surface area contributed by atoms with Crippen molar-refractivity contribution in [2.45, 2.75) is 6.42 Å². The molecule has 1 fully saturated rings. The SMILES string of the molecule is Nc1nc(CCN2CCN(c3ccccc3F)CC2)cs1. The van der Waals surface area contributed by atoms with Crippen LogP contribution in [0.15, 0.2) is 29.6 Å². The lowest BCUT2D eigenvalue weighted by Gasteiger charge is -2.36. The predicted octanol–water partition coefficient (Wildman–Crippen LogP) is 2.23. The molecule has 0 radical (unpaired) electrons. The molecule has 112 valence electrons. The van der Waals surface area contributed by atoms with Gasteiger partial charge in [-0.1, -0.05) is 12.1 Å². The van der Waals surface area contributed by atoms with Crippen molar-refractivity contribution in [2.75, 3.05) is 43.4 Å². The van der Waals surface area contributed by atoms with Crippen molar-refractivity contribution >= 4 is 22.2 Å². The molecule has 0 amide bonds. The lowest BCUT2D eigenvalue weighted by atomic mass is 10.2. The van der Waals surface area contributed by atoms with Gasteiger partial charge in [-0.25, -0.2) is 9.37 Å². The van der Waals surface area contributed by atoms with Crippen LogP contribution in [0.2, 0.25) is 0 Å². The molecule has 0 bridgehead atoms. The Bertz CT molecular complexity index is 593. The Labute approximate surface area is 128 Å². The minimum atomic E-state index is -0.135. The first-order valence-electron chi connectivity index (χ1n) is 7.14. The van der Waals surface area contributed by atoms with Gasteiger partial charge in [-0.2, -0.15) is 0 Å². The van der Waals surface area contributed by atoms with E-state index in [1.807, 2.05) is 17.5 Å². The lowest BCUT2D eigenvalue weighted by molar-refractivity contribution is 0.259. The minimum Gasteiger partial charge on any atom is -0.375 e. The Morgan fingerprint density at radius 2 is 1.95 bits per heavy atom. The van der Waals surface area contributed by atoms with Crippen LogP contribution < -0.4 is 10.6 Å². The van der Waals surface area contributed by atoms with E-state index in [0.717, 1.165) is 44.8 Å². The summed E-state index contributed by atoms with van der Waals surface area (Å²) < 4.78 is 13.8. The van der Waals surface area contributed by atoms with Crippen molar-refractivity contribution < 1.29 is 4.39 Å². The van der Waals surface area contributed by atoms with Gasteiger partial charge in [-0.3, -0.25) is 4.90 Å². The fraction of sp³-hybridized carbons (Fsp3) is 0.400. The molecule has 0 spiro atoms. The highest BCUT2D eigenvalue weighted by Gasteiger charge is 2.19. The molecule has 2 N–H and O–H groups in total. The first-order chi connectivity index (χ1) is 10.2. The molecule has 1 aromatic carbocycles. The van der Waals surface area contributed by atoms with Crippen LogP contribution in [-0.4, -0.2) is 42.6 Å². The number of piperazine rings is 1. The average molecular weight is 306 g/mol. The summed E-state index contributed by atoms with van der Waals surface area (Å²) in [4.78, 5) is 8.79. The highest BCUT2D eigenvalue weighted by molar-refractivity contribution is 7.13. The molecule has 0 unspecified atom stereocenters. The number of thiazole rings is 1. The van der Waals surface area contributed by atoms with Gasteiger partial charge in [0.1, 0.15) is 5.82 Å². The van der Waals surface area contributed by atoms with E-state index in [-0.39, 0.29) is 5.82 Å². The van der Waals surface area contributed by atoms with E-state index in [0.29, 0.717) is 10.8 Å². The number of hydrogen-bond donors (Lipinski definition) is 1. The van der Waals surface area contributed by atoms with Crippen LogP contribution in [0, 0.1) is 5.82 Å². The number of nitrogens with two attached hydrogens (primary N) is 1. The third-order valence-electron chi connectivity index (χ3n) is 3.82. The summed E-state index contributed by atoms with van der Waals surface area (Å²) in [6, 6.07) is 6.99. The zero-order valence-electron chi connectivity index (χ0n) is 11.8. The number of aromatic nitrogens is 1. The van der Waals surface area contributed by atoms with Crippen molar-refractivity contribution in [3.63, 3.8) is 0 Å². The molecule has 1 aromatic heterocycles. The Balaban J connectivity index is 1.50. The maximum atomic E-state index is 13.8. The number of nitrogen functional groups attached to an aromatic ring is 1. The molecule has 0 saturated carbocycles. The maximum Gasteiger partial charge on any atom is 0.180 e. The fourth-order valence-corrected chi connectivity index (χ4v) is 3.23. The molecule has 6 heteroatoms. The van der Waals surface area contributed by atoms with E-state index in [1.54, 1.807) is 6.07 Å². The predicted molar refractivity (Wildman–Crippen MR) is 85.3 cm³/mol. The third-order valence-corrected chi connectivity index (χ3v) is 4.54. The van der Waals surface area contributed by atoms with E-state index in [1.165, 1.54) is 17.4 Å². The summed E-state index contributed by atoms with van der Waals surface area (Å²) in [6.45, 7) is 4.61. The smallest absolute Gasteiger partial charge is 0.180 e. The van der Waals surface area contributed by atoms with Crippen molar-refractivity contribution in [3.8, 4) is 0 Å². The van der Waals surface area contributed by atoms with Gasteiger partial charge in [0, 0.05) is 44.5 Å². The van der Waals surface area contributed by atoms with Gasteiger partial charge >= 0.3 is 0 Å². The first-order valence-corrected chi connectivity index (χ1v) is 8.02. The van der Waals surface area contributed by atoms with Crippen LogP contribution in [0.3, 0.4) is 0 Å². The van der Waals surface area contributed by atoms with Crippen LogP contribution in [0.5, 0.6) is 0 Å². The van der Waals surface area contributed by atoms with E-state index in [4.69, 9.17) is 5.73 Å². The Morgan fingerprint density at radius 1 is 1.19 bits per heavy atom. The maximum absolute atomic E-state index is 13.8. The lowest BCUT2D eigenvalue weighted by Crippen LogP contribution is -2.47. The van der Waals surface area contributed by atoms with E-state index in [2.05, 4.69) is 14.8 Å². The first kappa shape index (κ1) is 14.3. The molecule has 1 saturated heterocycles. The molecule has 1 aliphatic heterocycles. The molecule has 1 aliphatic rings. The summed E-state index contributed by atoms with van der Waals surface area (Å²) >= 11 is 1.49. The van der Waals surface area contributed by atoms with E-state index in [9.17, 15) is 4.39 Å². The molecular weight excluding hydrogens is 287 g/mol. The van der Waals surface area contributed by atoms with Crippen molar-refractivity contribution in [1.82, 2.24) is 9.88 Å². The molecule has 3 rings (SSSR count). The second-order valence-electron chi connectivity index (χ2n) is 5.21. The quantitative estimate of drug-likeness (QED) is 0.941. The number of halogens is 1. The molecule has 21 heavy (non-hydrogen) atoms. The van der Waals surface area contributed by atoms with Gasteiger partial charge in [-0.15, -0.1) is 11.3 Å². The highest BCUT2D eigenvalue weighted by atomic mass is 32.1. The second-order valence-corrected chi connectivity index (χ2v) is 6.10. The van der Waals surface area contributed by atoms with Gasteiger partial charge in [0.15, 0.2) is 5.13 Å². The van der Waals surface area contributed by atoms with Gasteiger partial charge in [-0.05, 0) is 12.1 Å². The number of rotatable bonds is 4. The molecule has 4 nitrogen and oxygen atoms in total. The summed E-state index contributed by atoms with van der Waals surface area (Å²) in [5, 5.41) is 2.65. The summed E-state index contributed by atoms with van der Waals surface area (Å²) in [7, 11) is 0. The van der Waals surface area contributed by atoms with Crippen molar-refractivity contribution in [1.29, 1.82) is 0 Å². The van der Waals surface area contributed by atoms with E-state index >= 15 is 0 Å². The molecule has 2 heterocycles. The summed E-state index contributed by atoms with van der Waals surface area (Å²) in [5.74, 6) is -0.135. The minimum absolute atomic E-state index is 0.135. The van der Waals surface area contributed by atoms with Crippen LogP contribution >= 0.6 is 11.3 Å². The highest BCUT2D eigenvalue weighted by Crippen LogP contribution is 2.20. The van der Waals surface area contributed by atoms with Crippen LogP contribution in [0.1, 0.15) is 5.69 Å². The monoisotopic (exact) mass is 306 g/mol. The van der Waals surface area contributed by atoms with Crippen LogP contribution in [0.25, 0.3) is 0 Å². The van der Waals surface area contributed by atoms with Gasteiger partial charge < -0.3 is 10.6 Å².